The monoisotopic (exact) mass is 528 g/mol. The molecule has 208 valence electrons. The van der Waals surface area contributed by atoms with E-state index in [4.69, 9.17) is 10.7 Å². The Kier molecular flexibility index (Phi) is 31.7. The Hall–Kier alpha value is -2.30. The second-order valence-corrected chi connectivity index (χ2v) is 9.49. The smallest absolute Gasteiger partial charge is 0.107 e. The molecule has 1 aromatic carbocycles. The predicted octanol–water partition coefficient (Wildman–Crippen LogP) is 10.4. The van der Waals surface area contributed by atoms with Crippen molar-refractivity contribution in [2.45, 2.75) is 98.8 Å². The van der Waals surface area contributed by atoms with Crippen molar-refractivity contribution in [2.75, 3.05) is 6.67 Å². The predicted molar refractivity (Wildman–Crippen MR) is 170 cm³/mol. The van der Waals surface area contributed by atoms with Crippen molar-refractivity contribution in [3.63, 3.8) is 0 Å². The molecule has 1 fully saturated rings. The van der Waals surface area contributed by atoms with E-state index in [1.807, 2.05) is 26.0 Å². The number of nitriles is 1. The number of allylic oxidation sites excluding steroid dienone is 6. The van der Waals surface area contributed by atoms with Crippen LogP contribution in [0.25, 0.3) is 0 Å². The molecule has 0 aliphatic heterocycles. The van der Waals surface area contributed by atoms with Gasteiger partial charge < -0.3 is 5.41 Å². The molecular weight excluding hydrogens is 474 g/mol. The molecule has 37 heavy (non-hydrogen) atoms. The maximum Gasteiger partial charge on any atom is 0.107 e. The second kappa shape index (κ2) is 29.9. The Morgan fingerprint density at radius 1 is 1.16 bits per heavy atom. The van der Waals surface area contributed by atoms with Crippen molar-refractivity contribution in [2.24, 2.45) is 5.92 Å². The number of nitrogens with zero attached hydrogens (tertiary/aromatic N) is 1. The summed E-state index contributed by atoms with van der Waals surface area (Å²) < 4.78 is 10.6. The second-order valence-electron chi connectivity index (χ2n) is 8.82. The van der Waals surface area contributed by atoms with Crippen LogP contribution < -0.4 is 5.30 Å². The van der Waals surface area contributed by atoms with E-state index < -0.39 is 6.67 Å². The maximum atomic E-state index is 10.6. The molecule has 0 bridgehead atoms. The van der Waals surface area contributed by atoms with Gasteiger partial charge in [0, 0.05) is 5.57 Å². The number of alkyl halides is 1. The first kappa shape index (κ1) is 39.2. The lowest BCUT2D eigenvalue weighted by Gasteiger charge is -2.22. The fourth-order valence-electron chi connectivity index (χ4n) is 3.76. The molecule has 2 rings (SSSR count). The number of hydrogen-bond acceptors (Lipinski definition) is 2. The molecular formula is C33H54FN2P. The van der Waals surface area contributed by atoms with Gasteiger partial charge in [0.05, 0.1) is 6.07 Å². The molecule has 0 aromatic heterocycles. The Balaban J connectivity index is -0.000000463. The van der Waals surface area contributed by atoms with E-state index in [2.05, 4.69) is 73.5 Å². The van der Waals surface area contributed by atoms with Crippen molar-refractivity contribution in [1.82, 2.24) is 0 Å². The quantitative estimate of drug-likeness (QED) is 0.124. The van der Waals surface area contributed by atoms with E-state index >= 15 is 0 Å². The minimum Gasteiger partial charge on any atom is -0.313 e. The average molecular weight is 529 g/mol. The van der Waals surface area contributed by atoms with Crippen LogP contribution in [0.5, 0.6) is 0 Å². The van der Waals surface area contributed by atoms with Gasteiger partial charge in [-0.05, 0) is 88.4 Å². The van der Waals surface area contributed by atoms with Crippen LogP contribution in [0.15, 0.2) is 67.3 Å². The third kappa shape index (κ3) is 25.1. The maximum absolute atomic E-state index is 10.6. The molecule has 0 heterocycles. The normalized spacial score (nSPS) is 13.4. The van der Waals surface area contributed by atoms with Gasteiger partial charge in [0.25, 0.3) is 0 Å². The van der Waals surface area contributed by atoms with E-state index in [-0.39, 0.29) is 0 Å². The van der Waals surface area contributed by atoms with Gasteiger partial charge in [-0.15, -0.1) is 22.4 Å². The molecule has 2 nitrogen and oxygen atoms in total. The largest absolute Gasteiger partial charge is 0.313 e. The summed E-state index contributed by atoms with van der Waals surface area (Å²) in [5.41, 5.74) is 3.72. The first-order valence-electron chi connectivity index (χ1n) is 13.6. The summed E-state index contributed by atoms with van der Waals surface area (Å²) in [6.07, 6.45) is 20.8. The van der Waals surface area contributed by atoms with E-state index in [1.165, 1.54) is 68.1 Å². The van der Waals surface area contributed by atoms with Crippen LogP contribution in [-0.4, -0.2) is 12.9 Å². The molecule has 0 saturated heterocycles. The summed E-state index contributed by atoms with van der Waals surface area (Å²) >= 11 is 0. The standard InChI is InChI=1S/C13H19P.C12H19N.C3H5F.C3H6.C2H5N/c1-10-7-12(9-13(14)8-10)11-5-3-2-4-6-11;1-4-7-11(5-2)8-9-12(6-3)10-13;1-2-3-4;1-3-2;1-2-3/h7-9,11H,2-6,14H2,1H3;6,8-9,11H,4-5,7H2,1-3H3;2H,1,3H2;3H,1H2,2H3;2-3H,1H3/b;9-8+,12-6?;;;. The molecule has 2 unspecified atom stereocenters. The van der Waals surface area contributed by atoms with Crippen molar-refractivity contribution >= 4 is 20.8 Å². The first-order chi connectivity index (χ1) is 17.8. The fraction of sp³-hybridized carbons (Fsp3) is 0.515. The lowest BCUT2D eigenvalue weighted by atomic mass is 9.84. The highest BCUT2D eigenvalue weighted by atomic mass is 31.0. The summed E-state index contributed by atoms with van der Waals surface area (Å²) in [4.78, 5) is 0. The summed E-state index contributed by atoms with van der Waals surface area (Å²) in [5, 5.41) is 16.1. The van der Waals surface area contributed by atoms with Gasteiger partial charge in [0.1, 0.15) is 6.67 Å². The highest BCUT2D eigenvalue weighted by Gasteiger charge is 2.15. The number of halogens is 1. The molecule has 0 amide bonds. The zero-order chi connectivity index (χ0) is 28.9. The van der Waals surface area contributed by atoms with Crippen molar-refractivity contribution in [3.05, 3.63) is 78.4 Å². The zero-order valence-corrected chi connectivity index (χ0v) is 25.7. The van der Waals surface area contributed by atoms with Crippen LogP contribution in [0.1, 0.15) is 103 Å². The Morgan fingerprint density at radius 3 is 2.08 bits per heavy atom. The number of nitrogens with one attached hydrogen (secondary N) is 1. The van der Waals surface area contributed by atoms with Crippen molar-refractivity contribution in [1.29, 1.82) is 10.7 Å². The number of aryl methyl sites for hydroxylation is 1. The van der Waals surface area contributed by atoms with Crippen molar-refractivity contribution < 1.29 is 4.39 Å². The van der Waals surface area contributed by atoms with E-state index in [0.29, 0.717) is 5.92 Å². The van der Waals surface area contributed by atoms with Crippen LogP contribution in [0, 0.1) is 29.6 Å². The van der Waals surface area contributed by atoms with Gasteiger partial charge in [-0.25, -0.2) is 4.39 Å². The Morgan fingerprint density at radius 2 is 1.70 bits per heavy atom. The number of benzene rings is 1. The molecule has 0 spiro atoms. The van der Waals surface area contributed by atoms with Crippen molar-refractivity contribution in [3.8, 4) is 6.07 Å². The van der Waals surface area contributed by atoms with E-state index in [1.54, 1.807) is 18.6 Å². The minimum absolute atomic E-state index is 0.417. The van der Waals surface area contributed by atoms with Crippen LogP contribution in [-0.2, 0) is 0 Å². The van der Waals surface area contributed by atoms with Gasteiger partial charge in [-0.1, -0.05) is 87.6 Å². The van der Waals surface area contributed by atoms with Crippen LogP contribution in [0.4, 0.5) is 4.39 Å². The highest BCUT2D eigenvalue weighted by molar-refractivity contribution is 7.27. The van der Waals surface area contributed by atoms with Gasteiger partial charge >= 0.3 is 0 Å². The average Bonchev–Trinajstić information content (AvgIpc) is 2.90. The van der Waals surface area contributed by atoms with Gasteiger partial charge in [-0.3, -0.25) is 0 Å². The molecule has 2 atom stereocenters. The third-order valence-corrected chi connectivity index (χ3v) is 5.81. The zero-order valence-electron chi connectivity index (χ0n) is 24.5. The number of rotatable bonds is 7. The molecule has 0 radical (unpaired) electrons. The Labute approximate surface area is 231 Å². The summed E-state index contributed by atoms with van der Waals surface area (Å²) in [5.74, 6) is 1.47. The highest BCUT2D eigenvalue weighted by Crippen LogP contribution is 2.32. The van der Waals surface area contributed by atoms with Crippen LogP contribution >= 0.6 is 9.24 Å². The summed E-state index contributed by atoms with van der Waals surface area (Å²) in [6.45, 7) is 18.1. The van der Waals surface area contributed by atoms with E-state index in [0.717, 1.165) is 17.9 Å². The molecule has 4 heteroatoms. The fourth-order valence-corrected chi connectivity index (χ4v) is 4.22. The van der Waals surface area contributed by atoms with Gasteiger partial charge in [0.15, 0.2) is 0 Å². The lowest BCUT2D eigenvalue weighted by molar-refractivity contribution is 0.443. The topological polar surface area (TPSA) is 47.6 Å². The Bertz CT molecular complexity index is 773. The van der Waals surface area contributed by atoms with Crippen LogP contribution in [0.3, 0.4) is 0 Å². The molecule has 1 N–H and O–H groups in total. The minimum atomic E-state index is -0.417. The molecule has 1 aliphatic rings. The molecule has 1 aromatic rings. The van der Waals surface area contributed by atoms with Gasteiger partial charge in [-0.2, -0.15) is 5.26 Å². The summed E-state index contributed by atoms with van der Waals surface area (Å²) in [7, 11) is 2.82. The lowest BCUT2D eigenvalue weighted by Crippen LogP contribution is -2.07. The van der Waals surface area contributed by atoms with Crippen LogP contribution in [0.2, 0.25) is 0 Å². The molecule has 1 saturated carbocycles. The van der Waals surface area contributed by atoms with E-state index in [9.17, 15) is 4.39 Å². The SMILES string of the molecule is C=CC.C=CCF.CC=C(C#N)/C=C/C(CC)CCC.CC=N.Cc1cc(P)cc(C2CCCCC2)c1. The number of hydrogen-bond donors (Lipinski definition) is 1. The molecule has 1 aliphatic carbocycles. The first-order valence-corrected chi connectivity index (χ1v) is 14.2. The third-order valence-electron chi connectivity index (χ3n) is 5.48. The van der Waals surface area contributed by atoms with Gasteiger partial charge in [0.2, 0.25) is 0 Å². The summed E-state index contributed by atoms with van der Waals surface area (Å²) in [6, 6.07) is 9.09.